The van der Waals surface area contributed by atoms with Crippen molar-refractivity contribution >= 4 is 97.1 Å². The molecule has 7 rings (SSSR count). The van der Waals surface area contributed by atoms with E-state index in [9.17, 15) is 0 Å². The summed E-state index contributed by atoms with van der Waals surface area (Å²) in [5.41, 5.74) is 2.10. The highest BCUT2D eigenvalue weighted by Crippen LogP contribution is 2.64. The average Bonchev–Trinajstić information content (AvgIpc) is 3.29. The molecule has 2 fully saturated rings. The molecule has 42 heavy (non-hydrogen) atoms. The molecule has 3 aliphatic heterocycles. The maximum atomic E-state index is 16.9. The van der Waals surface area contributed by atoms with Gasteiger partial charge in [0.15, 0.2) is 11.0 Å². The number of nitrogens with one attached hydrogen (secondary N) is 1. The molecular formula is C30H26F2I2N5PS2. The minimum Gasteiger partial charge on any atom is -0.350 e. The maximum Gasteiger partial charge on any atom is 0.190 e. The maximum absolute atomic E-state index is 16.9. The topological polar surface area (TPSA) is 53.9 Å². The van der Waals surface area contributed by atoms with Crippen molar-refractivity contribution in [2.45, 2.75) is 56.4 Å². The predicted molar refractivity (Wildman–Crippen MR) is 190 cm³/mol. The molecule has 0 aliphatic carbocycles. The molecule has 216 valence electrons. The molecule has 2 saturated heterocycles. The van der Waals surface area contributed by atoms with Crippen LogP contribution >= 0.6 is 69.6 Å². The normalized spacial score (nSPS) is 22.8. The monoisotopic (exact) mass is 843 g/mol. The fraction of sp³-hybridized carbons (Fsp3) is 0.367. The molecule has 0 unspecified atom stereocenters. The summed E-state index contributed by atoms with van der Waals surface area (Å²) in [5.74, 6) is 3.99. The van der Waals surface area contributed by atoms with Crippen molar-refractivity contribution in [2.75, 3.05) is 17.2 Å². The van der Waals surface area contributed by atoms with Crippen LogP contribution in [0.3, 0.4) is 0 Å². The summed E-state index contributed by atoms with van der Waals surface area (Å²) in [5, 5.41) is 9.54. The van der Waals surface area contributed by atoms with Gasteiger partial charge in [-0.1, -0.05) is 55.8 Å². The Morgan fingerprint density at radius 2 is 1.98 bits per heavy atom. The molecular weight excluding hydrogens is 817 g/mol. The lowest BCUT2D eigenvalue weighted by Gasteiger charge is -2.43. The third-order valence-electron chi connectivity index (χ3n) is 8.47. The number of nitrogens with zero attached hydrogens (tertiary/aromatic N) is 4. The van der Waals surface area contributed by atoms with Gasteiger partial charge in [0, 0.05) is 35.6 Å². The first-order valence-corrected chi connectivity index (χ1v) is 23.2. The van der Waals surface area contributed by atoms with Crippen LogP contribution < -0.4 is 10.2 Å². The Hall–Kier alpha value is -1.04. The smallest absolute Gasteiger partial charge is 0.190 e. The Bertz CT molecular complexity index is 1800. The van der Waals surface area contributed by atoms with Crippen LogP contribution in [0.1, 0.15) is 37.9 Å². The summed E-state index contributed by atoms with van der Waals surface area (Å²) in [7, 11) is 0. The summed E-state index contributed by atoms with van der Waals surface area (Å²) in [6.45, 7) is 5.16. The lowest BCUT2D eigenvalue weighted by molar-refractivity contribution is 0.301. The van der Waals surface area contributed by atoms with Gasteiger partial charge < -0.3 is 10.2 Å². The zero-order chi connectivity index (χ0) is 29.1. The minimum atomic E-state index is -0.493. The van der Waals surface area contributed by atoms with E-state index in [1.807, 2.05) is 18.2 Å². The van der Waals surface area contributed by atoms with Crippen LogP contribution in [0, 0.1) is 28.7 Å². The molecule has 4 aromatic rings. The summed E-state index contributed by atoms with van der Waals surface area (Å²) in [6.07, 6.45) is 2.96. The van der Waals surface area contributed by atoms with Crippen LogP contribution in [0.5, 0.6) is 0 Å². The van der Waals surface area contributed by atoms with Crippen LogP contribution in [-0.2, 0) is 6.42 Å². The Morgan fingerprint density at radius 3 is 2.79 bits per heavy atom. The Labute approximate surface area is 279 Å². The van der Waals surface area contributed by atoms with Crippen LogP contribution in [0.4, 0.5) is 14.6 Å². The van der Waals surface area contributed by atoms with E-state index in [0.717, 1.165) is 42.0 Å². The average molecular weight is 843 g/mol. The third kappa shape index (κ3) is 5.19. The number of hydrogen-bond acceptors (Lipinski definition) is 7. The molecule has 5 heterocycles. The highest BCUT2D eigenvalue weighted by molar-refractivity contribution is 14.3. The molecule has 5 nitrogen and oxygen atoms in total. The molecule has 4 atom stereocenters. The second kappa shape index (κ2) is 12.0. The van der Waals surface area contributed by atoms with Gasteiger partial charge in [0.2, 0.25) is 0 Å². The van der Waals surface area contributed by atoms with E-state index in [-0.39, 0.29) is 25.6 Å². The van der Waals surface area contributed by atoms with Crippen molar-refractivity contribution < 1.29 is 8.78 Å². The number of piperazine rings is 1. The van der Waals surface area contributed by atoms with Gasteiger partial charge in [-0.25, -0.2) is 23.7 Å². The second-order valence-electron chi connectivity index (χ2n) is 10.9. The zero-order valence-electron chi connectivity index (χ0n) is 22.8. The molecule has 0 amide bonds. The summed E-state index contributed by atoms with van der Waals surface area (Å²) in [6, 6.07) is 9.78. The highest BCUT2D eigenvalue weighted by atomic mass is 127. The van der Waals surface area contributed by atoms with Crippen LogP contribution in [0.2, 0.25) is 0 Å². The van der Waals surface area contributed by atoms with Gasteiger partial charge in [-0.05, 0) is 103 Å². The molecule has 0 spiro atoms. The summed E-state index contributed by atoms with van der Waals surface area (Å²) >= 11 is 7.65. The van der Waals surface area contributed by atoms with Crippen molar-refractivity contribution in [1.29, 1.82) is 0 Å². The number of fused-ring (bicyclic) bond motifs is 6. The highest BCUT2D eigenvalue weighted by Gasteiger charge is 2.46. The lowest BCUT2D eigenvalue weighted by atomic mass is 9.89. The summed E-state index contributed by atoms with van der Waals surface area (Å²) in [4.78, 5) is 17.3. The molecule has 0 radical (unpaired) electrons. The SMILES string of the molecule is CCSc1nc2c3c(nc(-c4cccc5ccc(F)c(C#CSP(I)I)c45)c(F)c3n1)C[C@H](C)[C@H]1[C@@H]3CC[C@H](CN21)N3. The van der Waals surface area contributed by atoms with E-state index >= 15 is 8.78 Å². The van der Waals surface area contributed by atoms with Crippen LogP contribution in [0.15, 0.2) is 35.5 Å². The van der Waals surface area contributed by atoms with Gasteiger partial charge in [-0.3, -0.25) is 0 Å². The fourth-order valence-electron chi connectivity index (χ4n) is 6.91. The molecule has 0 saturated carbocycles. The Morgan fingerprint density at radius 1 is 1.12 bits per heavy atom. The summed E-state index contributed by atoms with van der Waals surface area (Å²) < 4.78 is 31.8. The molecule has 1 N–H and O–H groups in total. The van der Waals surface area contributed by atoms with Crippen molar-refractivity contribution in [3.63, 3.8) is 0 Å². The first kappa shape index (κ1) is 29.7. The largest absolute Gasteiger partial charge is 0.350 e. The van der Waals surface area contributed by atoms with E-state index in [4.69, 9.17) is 15.0 Å². The van der Waals surface area contributed by atoms with Crippen molar-refractivity contribution in [3.8, 4) is 22.4 Å². The van der Waals surface area contributed by atoms with E-state index in [0.29, 0.717) is 45.5 Å². The molecule has 3 aliphatic rings. The number of pyridine rings is 1. The van der Waals surface area contributed by atoms with Crippen LogP contribution in [0.25, 0.3) is 32.9 Å². The van der Waals surface area contributed by atoms with Gasteiger partial charge in [0.05, 0.1) is 19.1 Å². The molecule has 12 heteroatoms. The van der Waals surface area contributed by atoms with E-state index < -0.39 is 11.6 Å². The number of hydrogen-bond donors (Lipinski definition) is 1. The number of halogens is 4. The van der Waals surface area contributed by atoms with Gasteiger partial charge in [0.1, 0.15) is 22.8 Å². The van der Waals surface area contributed by atoms with Gasteiger partial charge in [0.25, 0.3) is 0 Å². The number of rotatable bonds is 4. The van der Waals surface area contributed by atoms with Crippen molar-refractivity contribution in [3.05, 3.63) is 53.2 Å². The second-order valence-corrected chi connectivity index (χ2v) is 29.8. The van der Waals surface area contributed by atoms with E-state index in [1.165, 1.54) is 29.2 Å². The minimum absolute atomic E-state index is 0.193. The number of benzene rings is 2. The number of aromatic nitrogens is 3. The first-order chi connectivity index (χ1) is 20.3. The molecule has 2 aromatic heterocycles. The molecule has 2 bridgehead atoms. The number of thioether (sulfide) groups is 1. The first-order valence-electron chi connectivity index (χ1n) is 13.9. The van der Waals surface area contributed by atoms with Gasteiger partial charge >= 0.3 is 0 Å². The zero-order valence-corrected chi connectivity index (χ0v) is 29.6. The fourth-order valence-corrected chi connectivity index (χ4v) is 9.81. The predicted octanol–water partition coefficient (Wildman–Crippen LogP) is 8.88. The molecule has 2 aromatic carbocycles. The number of anilines is 1. The van der Waals surface area contributed by atoms with Gasteiger partial charge in [-0.2, -0.15) is 0 Å². The Balaban J connectivity index is 1.50. The lowest BCUT2D eigenvalue weighted by Crippen LogP contribution is -2.60. The quantitative estimate of drug-likeness (QED) is 0.0725. The Kier molecular flexibility index (Phi) is 8.51. The van der Waals surface area contributed by atoms with Crippen LogP contribution in [-0.4, -0.2) is 45.4 Å². The van der Waals surface area contributed by atoms with Crippen molar-refractivity contribution in [2.24, 2.45) is 5.92 Å². The standard InChI is InChI=1S/C30H26F2I2N5PS2/c1-3-41-30-37-27-24-22(13-15(2)28-21-10-8-17(35-21)14-39(28)29(24)38-30)36-26(25(27)32)19-6-4-5-16-7-9-20(31)18(23(16)19)11-12-42-40(33)34/h4-7,9,15,17,21,28,35H,3,8,10,13-14H2,1-2H3/t15-,17+,21-,28-/m0/s1. The third-order valence-corrected chi connectivity index (χ3v) is 13.8. The van der Waals surface area contributed by atoms with E-state index in [2.05, 4.69) is 79.3 Å². The van der Waals surface area contributed by atoms with E-state index in [1.54, 1.807) is 6.07 Å². The van der Waals surface area contributed by atoms with Gasteiger partial charge in [-0.15, -0.1) is 0 Å². The van der Waals surface area contributed by atoms with Crippen molar-refractivity contribution in [1.82, 2.24) is 20.3 Å².